The summed E-state index contributed by atoms with van der Waals surface area (Å²) in [6.07, 6.45) is 0.702. The number of fused-ring (bicyclic) bond motifs is 1. The van der Waals surface area contributed by atoms with Crippen molar-refractivity contribution in [2.45, 2.75) is 19.4 Å². The van der Waals surface area contributed by atoms with Crippen LogP contribution in [0.25, 0.3) is 30.3 Å². The molecule has 0 saturated carbocycles. The van der Waals surface area contributed by atoms with Crippen molar-refractivity contribution in [3.63, 3.8) is 0 Å². The van der Waals surface area contributed by atoms with E-state index < -0.39 is 18.2 Å². The first kappa shape index (κ1) is 25.5. The maximum Gasteiger partial charge on any atom is 0.413 e. The molecule has 38 heavy (non-hydrogen) atoms. The molecule has 1 amide bonds. The first-order valence-corrected chi connectivity index (χ1v) is 13.4. The number of aliphatic carboxylic acids is 1. The number of anilines is 1. The molecule has 8 nitrogen and oxygen atoms in total. The molecule has 0 aliphatic carbocycles. The molecule has 5 rings (SSSR count). The third-order valence-corrected chi connectivity index (χ3v) is 8.47. The van der Waals surface area contributed by atoms with Gasteiger partial charge in [-0.15, -0.1) is 22.7 Å². The van der Waals surface area contributed by atoms with Crippen molar-refractivity contribution in [2.75, 3.05) is 12.4 Å². The van der Waals surface area contributed by atoms with E-state index in [2.05, 4.69) is 22.5 Å². The molecule has 3 aromatic heterocycles. The first-order valence-electron chi connectivity index (χ1n) is 11.8. The number of aryl methyl sites for hydroxylation is 1. The van der Waals surface area contributed by atoms with E-state index in [1.165, 1.54) is 0 Å². The van der Waals surface area contributed by atoms with Crippen LogP contribution in [0.1, 0.15) is 24.2 Å². The molecular weight excluding hydrogens is 522 g/mol. The minimum atomic E-state index is -0.900. The third kappa shape index (κ3) is 5.27. The van der Waals surface area contributed by atoms with Crippen molar-refractivity contribution in [3.05, 3.63) is 78.0 Å². The number of nitrogens with one attached hydrogen (secondary N) is 1. The van der Waals surface area contributed by atoms with Crippen LogP contribution in [0, 0.1) is 0 Å². The summed E-state index contributed by atoms with van der Waals surface area (Å²) in [5, 5.41) is 16.3. The molecule has 5 aromatic rings. The number of methoxy groups -OCH3 is 1. The van der Waals surface area contributed by atoms with Crippen molar-refractivity contribution in [1.29, 1.82) is 0 Å². The highest BCUT2D eigenvalue weighted by molar-refractivity contribution is 7.31. The van der Waals surface area contributed by atoms with Gasteiger partial charge in [-0.25, -0.2) is 4.79 Å². The maximum atomic E-state index is 12.7. The van der Waals surface area contributed by atoms with Gasteiger partial charge in [-0.2, -0.15) is 5.10 Å². The topological polar surface area (TPSA) is 103 Å². The van der Waals surface area contributed by atoms with Crippen LogP contribution in [0.2, 0.25) is 0 Å². The number of benzene rings is 2. The van der Waals surface area contributed by atoms with Crippen LogP contribution in [0.4, 0.5) is 10.6 Å². The van der Waals surface area contributed by atoms with Crippen LogP contribution in [0.3, 0.4) is 0 Å². The maximum absolute atomic E-state index is 12.7. The SMILES string of the molecule is COc1cc(-c2cc3sc(-c4cnn(C)c4NC(=O)O[C@H](C)c4ccccc4)cc3s2)ccc1CC(=O)O. The number of aromatic nitrogens is 2. The number of carbonyl (C=O) groups excluding carboxylic acids is 1. The van der Waals surface area contributed by atoms with Gasteiger partial charge in [0.25, 0.3) is 0 Å². The fourth-order valence-corrected chi connectivity index (χ4v) is 6.57. The summed E-state index contributed by atoms with van der Waals surface area (Å²) >= 11 is 3.25. The number of amides is 1. The molecule has 2 aromatic carbocycles. The number of thiophene rings is 2. The van der Waals surface area contributed by atoms with Crippen molar-refractivity contribution in [2.24, 2.45) is 7.05 Å². The molecular formula is C28H25N3O5S2. The average Bonchev–Trinajstić information content (AvgIpc) is 3.58. The second kappa shape index (κ2) is 10.7. The minimum Gasteiger partial charge on any atom is -0.496 e. The van der Waals surface area contributed by atoms with E-state index in [-0.39, 0.29) is 6.42 Å². The van der Waals surface area contributed by atoms with Gasteiger partial charge in [-0.3, -0.25) is 14.8 Å². The molecule has 10 heteroatoms. The third-order valence-electron chi connectivity index (χ3n) is 6.10. The summed E-state index contributed by atoms with van der Waals surface area (Å²) in [5.41, 5.74) is 3.32. The Balaban J connectivity index is 1.36. The average molecular weight is 548 g/mol. The Hall–Kier alpha value is -4.15. The Kier molecular flexibility index (Phi) is 7.17. The molecule has 0 radical (unpaired) electrons. The van der Waals surface area contributed by atoms with E-state index in [1.807, 2.05) is 49.4 Å². The molecule has 0 fully saturated rings. The highest BCUT2D eigenvalue weighted by Crippen LogP contribution is 2.44. The predicted molar refractivity (Wildman–Crippen MR) is 150 cm³/mol. The van der Waals surface area contributed by atoms with Crippen molar-refractivity contribution < 1.29 is 24.2 Å². The molecule has 2 N–H and O–H groups in total. The minimum absolute atomic E-state index is 0.0907. The molecule has 0 unspecified atom stereocenters. The van der Waals surface area contributed by atoms with Gasteiger partial charge in [0.1, 0.15) is 17.7 Å². The van der Waals surface area contributed by atoms with E-state index in [0.29, 0.717) is 17.1 Å². The largest absolute Gasteiger partial charge is 0.496 e. The Morgan fingerprint density at radius 3 is 2.47 bits per heavy atom. The van der Waals surface area contributed by atoms with Crippen LogP contribution in [-0.4, -0.2) is 34.1 Å². The summed E-state index contributed by atoms with van der Waals surface area (Å²) < 4.78 is 14.8. The Labute approximate surface area is 227 Å². The molecule has 0 aliphatic heterocycles. The molecule has 0 spiro atoms. The lowest BCUT2D eigenvalue weighted by Crippen LogP contribution is -2.18. The van der Waals surface area contributed by atoms with Crippen molar-refractivity contribution >= 4 is 50.0 Å². The summed E-state index contributed by atoms with van der Waals surface area (Å²) in [6, 6.07) is 19.4. The zero-order chi connectivity index (χ0) is 26.8. The first-order chi connectivity index (χ1) is 18.3. The normalized spacial score (nSPS) is 11.9. The quantitative estimate of drug-likeness (QED) is 0.217. The summed E-state index contributed by atoms with van der Waals surface area (Å²) in [5.74, 6) is 0.216. The number of carboxylic acids is 1. The van der Waals surface area contributed by atoms with E-state index >= 15 is 0 Å². The number of rotatable bonds is 8. The van der Waals surface area contributed by atoms with Gasteiger partial charge >= 0.3 is 12.1 Å². The number of carboxylic acid groups (broad SMARTS) is 1. The molecule has 0 saturated heterocycles. The summed E-state index contributed by atoms with van der Waals surface area (Å²) in [6.45, 7) is 1.83. The number of ether oxygens (including phenoxy) is 2. The Morgan fingerprint density at radius 2 is 1.76 bits per heavy atom. The number of carbonyl (C=O) groups is 2. The fourth-order valence-electron chi connectivity index (χ4n) is 4.16. The van der Waals surface area contributed by atoms with Gasteiger partial charge in [0.05, 0.1) is 25.3 Å². The second-order valence-corrected chi connectivity index (χ2v) is 10.8. The highest BCUT2D eigenvalue weighted by Gasteiger charge is 2.20. The molecule has 194 valence electrons. The van der Waals surface area contributed by atoms with E-state index in [0.717, 1.165) is 35.8 Å². The number of nitrogens with zero attached hydrogens (tertiary/aromatic N) is 2. The van der Waals surface area contributed by atoms with Crippen LogP contribution >= 0.6 is 22.7 Å². The van der Waals surface area contributed by atoms with Crippen LogP contribution < -0.4 is 10.1 Å². The van der Waals surface area contributed by atoms with Crippen molar-refractivity contribution in [1.82, 2.24) is 9.78 Å². The van der Waals surface area contributed by atoms with Crippen LogP contribution in [0.5, 0.6) is 5.75 Å². The smallest absolute Gasteiger partial charge is 0.413 e. The molecule has 1 atom stereocenters. The molecule has 3 heterocycles. The summed E-state index contributed by atoms with van der Waals surface area (Å²) in [4.78, 5) is 25.8. The zero-order valence-electron chi connectivity index (χ0n) is 20.9. The number of hydrogen-bond donors (Lipinski definition) is 2. The van der Waals surface area contributed by atoms with Crippen LogP contribution in [-0.2, 0) is 23.0 Å². The number of hydrogen-bond acceptors (Lipinski definition) is 7. The standard InChI is InChI=1S/C28H25N3O5S2/c1-16(17-7-5-4-6-8-17)36-28(34)30-27-20(15-29-31(27)2)23-14-25-24(38-23)13-22(37-25)19-10-9-18(12-26(32)33)21(11-19)35-3/h4-11,13-16H,12H2,1-3H3,(H,30,34)(H,32,33)/t16-/m1/s1. The van der Waals surface area contributed by atoms with Crippen molar-refractivity contribution in [3.8, 4) is 26.6 Å². The highest BCUT2D eigenvalue weighted by atomic mass is 32.1. The fraction of sp³-hybridized carbons (Fsp3) is 0.179. The summed E-state index contributed by atoms with van der Waals surface area (Å²) in [7, 11) is 3.32. The van der Waals surface area contributed by atoms with Gasteiger partial charge in [0.15, 0.2) is 0 Å². The second-order valence-electron chi connectivity index (χ2n) is 8.66. The monoisotopic (exact) mass is 547 g/mol. The van der Waals surface area contributed by atoms with Gasteiger partial charge in [0, 0.05) is 31.8 Å². The Bertz CT molecular complexity index is 1590. The lowest BCUT2D eigenvalue weighted by molar-refractivity contribution is -0.136. The zero-order valence-corrected chi connectivity index (χ0v) is 22.6. The van der Waals surface area contributed by atoms with Gasteiger partial charge in [-0.05, 0) is 36.2 Å². The predicted octanol–water partition coefficient (Wildman–Crippen LogP) is 6.98. The van der Waals surface area contributed by atoms with E-state index in [9.17, 15) is 9.59 Å². The lowest BCUT2D eigenvalue weighted by Gasteiger charge is -2.14. The van der Waals surface area contributed by atoms with E-state index in [1.54, 1.807) is 53.8 Å². The Morgan fingerprint density at radius 1 is 1.05 bits per heavy atom. The lowest BCUT2D eigenvalue weighted by atomic mass is 10.1. The van der Waals surface area contributed by atoms with Gasteiger partial charge in [-0.1, -0.05) is 42.5 Å². The molecule has 0 bridgehead atoms. The molecule has 0 aliphatic rings. The van der Waals surface area contributed by atoms with Gasteiger partial charge < -0.3 is 14.6 Å². The van der Waals surface area contributed by atoms with Crippen LogP contribution in [0.15, 0.2) is 66.9 Å². The van der Waals surface area contributed by atoms with Gasteiger partial charge in [0.2, 0.25) is 0 Å². The van der Waals surface area contributed by atoms with E-state index in [4.69, 9.17) is 14.6 Å².